The van der Waals surface area contributed by atoms with Gasteiger partial charge in [-0.1, -0.05) is 6.92 Å². The number of nitrogens with zero attached hydrogens (tertiary/aromatic N) is 1. The molecule has 0 spiro atoms. The van der Waals surface area contributed by atoms with Crippen molar-refractivity contribution in [2.75, 3.05) is 13.7 Å². The Balaban J connectivity index is 2.88. The summed E-state index contributed by atoms with van der Waals surface area (Å²) in [6.07, 6.45) is 0. The first-order chi connectivity index (χ1) is 8.51. The van der Waals surface area contributed by atoms with Crippen LogP contribution in [0.25, 0.3) is 10.9 Å². The molecule has 2 aromatic rings. The van der Waals surface area contributed by atoms with E-state index < -0.39 is 0 Å². The summed E-state index contributed by atoms with van der Waals surface area (Å²) < 4.78 is 7.72. The minimum absolute atomic E-state index is 0.361. The topological polar surface area (TPSA) is 40.2 Å². The van der Waals surface area contributed by atoms with Gasteiger partial charge in [0.25, 0.3) is 0 Å². The van der Waals surface area contributed by atoms with Crippen molar-refractivity contribution < 1.29 is 4.74 Å². The number of ether oxygens (including phenoxy) is 1. The minimum atomic E-state index is 0.361. The molecule has 1 aromatic heterocycles. The average molecular weight is 246 g/mol. The quantitative estimate of drug-likeness (QED) is 0.904. The van der Waals surface area contributed by atoms with Gasteiger partial charge in [0.2, 0.25) is 0 Å². The molecule has 1 aromatic carbocycles. The van der Waals surface area contributed by atoms with E-state index in [1.165, 1.54) is 22.2 Å². The first-order valence-electron chi connectivity index (χ1n) is 6.34. The molecule has 1 atom stereocenters. The van der Waals surface area contributed by atoms with Gasteiger partial charge < -0.3 is 15.0 Å². The van der Waals surface area contributed by atoms with E-state index in [4.69, 9.17) is 10.5 Å². The molecule has 0 fully saturated rings. The van der Waals surface area contributed by atoms with Gasteiger partial charge in [-0.3, -0.25) is 0 Å². The number of aromatic nitrogens is 1. The number of fused-ring (bicyclic) bond motifs is 1. The van der Waals surface area contributed by atoms with E-state index >= 15 is 0 Å². The van der Waals surface area contributed by atoms with Crippen LogP contribution in [0.4, 0.5) is 0 Å². The third-order valence-corrected chi connectivity index (χ3v) is 3.80. The van der Waals surface area contributed by atoms with Crippen molar-refractivity contribution in [3.8, 4) is 5.75 Å². The largest absolute Gasteiger partial charge is 0.495 e. The normalized spacial score (nSPS) is 13.0. The maximum Gasteiger partial charge on any atom is 0.143 e. The van der Waals surface area contributed by atoms with Gasteiger partial charge in [-0.25, -0.2) is 0 Å². The number of methoxy groups -OCH3 is 1. The smallest absolute Gasteiger partial charge is 0.143 e. The summed E-state index contributed by atoms with van der Waals surface area (Å²) in [6.45, 7) is 7.09. The van der Waals surface area contributed by atoms with Gasteiger partial charge in [0.05, 0.1) is 12.6 Å². The van der Waals surface area contributed by atoms with E-state index in [0.717, 1.165) is 11.3 Å². The van der Waals surface area contributed by atoms with E-state index in [1.807, 2.05) is 0 Å². The van der Waals surface area contributed by atoms with Crippen molar-refractivity contribution in [1.82, 2.24) is 4.57 Å². The summed E-state index contributed by atoms with van der Waals surface area (Å²) >= 11 is 0. The van der Waals surface area contributed by atoms with E-state index in [1.54, 1.807) is 7.11 Å². The lowest BCUT2D eigenvalue weighted by Gasteiger charge is -2.10. The Morgan fingerprint density at radius 2 is 2.00 bits per heavy atom. The van der Waals surface area contributed by atoms with E-state index in [-0.39, 0.29) is 0 Å². The Kier molecular flexibility index (Phi) is 3.35. The van der Waals surface area contributed by atoms with Gasteiger partial charge >= 0.3 is 0 Å². The van der Waals surface area contributed by atoms with Crippen molar-refractivity contribution in [2.24, 2.45) is 12.8 Å². The third kappa shape index (κ3) is 1.79. The zero-order chi connectivity index (χ0) is 13.4. The summed E-state index contributed by atoms with van der Waals surface area (Å²) in [5, 5.41) is 1.27. The number of hydrogen-bond donors (Lipinski definition) is 1. The van der Waals surface area contributed by atoms with Crippen LogP contribution in [0, 0.1) is 13.8 Å². The highest BCUT2D eigenvalue weighted by Crippen LogP contribution is 2.36. The fourth-order valence-electron chi connectivity index (χ4n) is 2.74. The molecular weight excluding hydrogens is 224 g/mol. The maximum atomic E-state index is 5.84. The Morgan fingerprint density at radius 3 is 2.56 bits per heavy atom. The lowest BCUT2D eigenvalue weighted by molar-refractivity contribution is 0.417. The number of hydrogen-bond acceptors (Lipinski definition) is 2. The van der Waals surface area contributed by atoms with Crippen molar-refractivity contribution in [2.45, 2.75) is 26.7 Å². The molecule has 18 heavy (non-hydrogen) atoms. The van der Waals surface area contributed by atoms with Gasteiger partial charge in [0.15, 0.2) is 0 Å². The van der Waals surface area contributed by atoms with Crippen LogP contribution in [0.5, 0.6) is 5.75 Å². The highest BCUT2D eigenvalue weighted by molar-refractivity contribution is 5.91. The van der Waals surface area contributed by atoms with E-state index in [2.05, 4.69) is 44.5 Å². The predicted molar refractivity (Wildman–Crippen MR) is 76.4 cm³/mol. The highest BCUT2D eigenvalue weighted by Gasteiger charge is 2.19. The second kappa shape index (κ2) is 4.65. The molecule has 0 bridgehead atoms. The van der Waals surface area contributed by atoms with Crippen molar-refractivity contribution in [3.63, 3.8) is 0 Å². The fourth-order valence-corrected chi connectivity index (χ4v) is 2.74. The van der Waals surface area contributed by atoms with Gasteiger partial charge in [-0.2, -0.15) is 0 Å². The summed E-state index contributed by atoms with van der Waals surface area (Å²) in [6, 6.07) is 4.31. The van der Waals surface area contributed by atoms with Gasteiger partial charge in [-0.05, 0) is 49.6 Å². The van der Waals surface area contributed by atoms with Crippen LogP contribution in [0.3, 0.4) is 0 Å². The molecule has 0 radical (unpaired) electrons. The number of benzene rings is 1. The molecule has 0 saturated heterocycles. The number of nitrogens with two attached hydrogens (primary N) is 1. The van der Waals surface area contributed by atoms with Gasteiger partial charge in [0, 0.05) is 18.1 Å². The molecule has 0 aliphatic heterocycles. The zero-order valence-electron chi connectivity index (χ0n) is 11.9. The molecular formula is C15H22N2O. The Bertz CT molecular complexity index is 584. The number of aryl methyl sites for hydroxylation is 2. The maximum absolute atomic E-state index is 5.84. The second-order valence-electron chi connectivity index (χ2n) is 5.06. The minimum Gasteiger partial charge on any atom is -0.495 e. The molecule has 98 valence electrons. The molecule has 0 amide bonds. The van der Waals surface area contributed by atoms with Crippen molar-refractivity contribution in [1.29, 1.82) is 0 Å². The highest BCUT2D eigenvalue weighted by atomic mass is 16.5. The van der Waals surface area contributed by atoms with Crippen LogP contribution in [0.1, 0.15) is 29.7 Å². The lowest BCUT2D eigenvalue weighted by atomic mass is 9.97. The average Bonchev–Trinajstić information content (AvgIpc) is 2.60. The molecule has 3 nitrogen and oxygen atoms in total. The Hall–Kier alpha value is -1.48. The van der Waals surface area contributed by atoms with Crippen LogP contribution >= 0.6 is 0 Å². The first kappa shape index (κ1) is 13.0. The van der Waals surface area contributed by atoms with Gasteiger partial charge in [0.1, 0.15) is 5.75 Å². The van der Waals surface area contributed by atoms with Crippen molar-refractivity contribution in [3.05, 3.63) is 29.0 Å². The molecule has 1 unspecified atom stereocenters. The van der Waals surface area contributed by atoms with E-state index in [9.17, 15) is 0 Å². The van der Waals surface area contributed by atoms with Crippen LogP contribution in [0.15, 0.2) is 12.1 Å². The van der Waals surface area contributed by atoms with E-state index in [0.29, 0.717) is 12.5 Å². The molecule has 0 saturated carbocycles. The molecule has 0 aliphatic carbocycles. The van der Waals surface area contributed by atoms with Crippen LogP contribution in [0.2, 0.25) is 0 Å². The summed E-state index contributed by atoms with van der Waals surface area (Å²) in [5.74, 6) is 1.30. The van der Waals surface area contributed by atoms with Crippen LogP contribution in [-0.2, 0) is 7.05 Å². The molecule has 2 rings (SSSR count). The standard InChI is InChI=1S/C15H22N2O/c1-9-6-12-14(10(2)8-16)11(3)17(4)15(12)13(7-9)18-5/h6-7,10H,8,16H2,1-5H3. The summed E-state index contributed by atoms with van der Waals surface area (Å²) in [4.78, 5) is 0. The predicted octanol–water partition coefficient (Wildman–Crippen LogP) is 2.87. The lowest BCUT2D eigenvalue weighted by Crippen LogP contribution is -2.10. The number of rotatable bonds is 3. The summed E-state index contributed by atoms with van der Waals surface area (Å²) in [7, 11) is 3.81. The fraction of sp³-hybridized carbons (Fsp3) is 0.467. The third-order valence-electron chi connectivity index (χ3n) is 3.80. The molecule has 0 aliphatic rings. The van der Waals surface area contributed by atoms with Crippen LogP contribution < -0.4 is 10.5 Å². The Labute approximate surface area is 109 Å². The summed E-state index contributed by atoms with van der Waals surface area (Å²) in [5.41, 5.74) is 10.8. The molecule has 2 N–H and O–H groups in total. The SMILES string of the molecule is COc1cc(C)cc2c(C(C)CN)c(C)n(C)c12. The Morgan fingerprint density at radius 1 is 1.33 bits per heavy atom. The zero-order valence-corrected chi connectivity index (χ0v) is 11.9. The van der Waals surface area contributed by atoms with Gasteiger partial charge in [-0.15, -0.1) is 0 Å². The van der Waals surface area contributed by atoms with Crippen LogP contribution in [-0.4, -0.2) is 18.2 Å². The molecule has 3 heteroatoms. The van der Waals surface area contributed by atoms with Crippen molar-refractivity contribution >= 4 is 10.9 Å². The second-order valence-corrected chi connectivity index (χ2v) is 5.06. The molecule has 1 heterocycles. The first-order valence-corrected chi connectivity index (χ1v) is 6.34. The monoisotopic (exact) mass is 246 g/mol.